The second-order valence-electron chi connectivity index (χ2n) is 8.91. The van der Waals surface area contributed by atoms with Crippen molar-refractivity contribution < 1.29 is 29.2 Å². The van der Waals surface area contributed by atoms with Gasteiger partial charge in [0.2, 0.25) is 5.71 Å². The number of carbonyl (C=O) groups is 2. The molecule has 1 heterocycles. The lowest BCUT2D eigenvalue weighted by Gasteiger charge is -2.28. The number of carboxylic acids is 1. The van der Waals surface area contributed by atoms with Crippen LogP contribution in [0.2, 0.25) is 0 Å². The predicted molar refractivity (Wildman–Crippen MR) is 121 cm³/mol. The molecule has 1 atom stereocenters. The summed E-state index contributed by atoms with van der Waals surface area (Å²) in [4.78, 5) is 25.0. The number of carbonyl (C=O) groups excluding carboxylic acids is 1. The number of thioether (sulfide) groups is 1. The molecule has 0 amide bonds. The Bertz CT molecular complexity index is 882. The van der Waals surface area contributed by atoms with E-state index in [1.165, 1.54) is 11.8 Å². The van der Waals surface area contributed by atoms with Crippen LogP contribution in [0.5, 0.6) is 0 Å². The Labute approximate surface area is 188 Å². The maximum absolute atomic E-state index is 12.5. The maximum atomic E-state index is 12.5. The third-order valence-electron chi connectivity index (χ3n) is 4.47. The first-order chi connectivity index (χ1) is 14.4. The van der Waals surface area contributed by atoms with Gasteiger partial charge in [0.25, 0.3) is 0 Å². The number of hydrogen-bond donors (Lipinski definition) is 2. The first kappa shape index (κ1) is 24.9. The topological polar surface area (TPSA) is 89.6 Å². The smallest absolute Gasteiger partial charge is 0.360 e. The second kappa shape index (κ2) is 9.87. The average Bonchev–Trinajstić information content (AvgIpc) is 2.98. The van der Waals surface area contributed by atoms with Crippen molar-refractivity contribution in [3.8, 4) is 0 Å². The summed E-state index contributed by atoms with van der Waals surface area (Å²) >= 11 is 1.41. The van der Waals surface area contributed by atoms with E-state index in [1.807, 2.05) is 58.9 Å². The standard InChI is InChI=1S/C23H32N2O5S/c1-8-9-14-29-19-15(2)18(20(26)27)24-25(19)16-10-12-17(13-11-16)31-23(6,7)21(28)30-22(3,4)5/h10-13H,8-9,14H2,1-7H3,(H,26,27)/p+1. The summed E-state index contributed by atoms with van der Waals surface area (Å²) in [6.07, 6.45) is 1.86. The van der Waals surface area contributed by atoms with Crippen molar-refractivity contribution >= 4 is 35.1 Å². The van der Waals surface area contributed by atoms with Crippen molar-refractivity contribution in [3.63, 3.8) is 0 Å². The van der Waals surface area contributed by atoms with Crippen molar-refractivity contribution in [2.24, 2.45) is 5.10 Å². The summed E-state index contributed by atoms with van der Waals surface area (Å²) in [5, 5.41) is 14.3. The van der Waals surface area contributed by atoms with Crippen molar-refractivity contribution in [3.05, 3.63) is 35.7 Å². The molecule has 0 fully saturated rings. The van der Waals surface area contributed by atoms with Gasteiger partial charge in [-0.3, -0.25) is 4.79 Å². The fourth-order valence-electron chi connectivity index (χ4n) is 2.85. The Morgan fingerprint density at radius 2 is 1.74 bits per heavy atom. The largest absolute Gasteiger partial charge is 0.476 e. The van der Waals surface area contributed by atoms with Crippen LogP contribution in [0.1, 0.15) is 61.3 Å². The Morgan fingerprint density at radius 1 is 1.13 bits per heavy atom. The van der Waals surface area contributed by atoms with Gasteiger partial charge < -0.3 is 14.6 Å². The van der Waals surface area contributed by atoms with Gasteiger partial charge in [-0.25, -0.2) is 4.79 Å². The molecule has 1 aromatic rings. The van der Waals surface area contributed by atoms with Crippen LogP contribution in [-0.2, 0) is 19.1 Å². The van der Waals surface area contributed by atoms with Gasteiger partial charge >= 0.3 is 17.8 Å². The van der Waals surface area contributed by atoms with Crippen LogP contribution in [0.15, 0.2) is 45.7 Å². The fourth-order valence-corrected chi connectivity index (χ4v) is 3.84. The normalized spacial score (nSPS) is 16.9. The summed E-state index contributed by atoms with van der Waals surface area (Å²) < 4.78 is 10.7. The van der Waals surface area contributed by atoms with Crippen molar-refractivity contribution in [1.29, 1.82) is 0 Å². The van der Waals surface area contributed by atoms with Gasteiger partial charge in [-0.15, -0.1) is 16.8 Å². The third-order valence-corrected chi connectivity index (χ3v) is 5.66. The molecule has 0 radical (unpaired) electrons. The van der Waals surface area contributed by atoms with Gasteiger partial charge in [0.1, 0.15) is 10.3 Å². The number of nitrogens with zero attached hydrogens (tertiary/aromatic N) is 1. The quantitative estimate of drug-likeness (QED) is 0.337. The molecular formula is C23H33N2O5S+. The molecule has 2 N–H and O–H groups in total. The van der Waals surface area contributed by atoms with E-state index in [4.69, 9.17) is 9.47 Å². The highest BCUT2D eigenvalue weighted by molar-refractivity contribution is 8.01. The minimum Gasteiger partial charge on any atom is -0.476 e. The number of nitrogens with one attached hydrogen (secondary N) is 1. The number of hydrogen-bond acceptors (Lipinski definition) is 6. The minimum absolute atomic E-state index is 0.00556. The van der Waals surface area contributed by atoms with Crippen LogP contribution in [0, 0.1) is 0 Å². The number of aliphatic carboxylic acids is 1. The molecule has 1 unspecified atom stereocenters. The highest BCUT2D eigenvalue weighted by Gasteiger charge is 2.37. The molecule has 8 heteroatoms. The molecule has 0 bridgehead atoms. The predicted octanol–water partition coefficient (Wildman–Crippen LogP) is 3.92. The van der Waals surface area contributed by atoms with Crippen LogP contribution in [-0.4, -0.2) is 39.7 Å². The summed E-state index contributed by atoms with van der Waals surface area (Å²) in [6.45, 7) is 13.5. The second-order valence-corrected chi connectivity index (χ2v) is 10.6. The fraction of sp³-hybridized carbons (Fsp3) is 0.522. The molecule has 2 rings (SSSR count). The minimum atomic E-state index is -1.07. The average molecular weight is 450 g/mol. The highest BCUT2D eigenvalue weighted by atomic mass is 32.2. The van der Waals surface area contributed by atoms with Crippen molar-refractivity contribution in [2.75, 3.05) is 6.61 Å². The molecule has 0 aromatic heterocycles. The number of rotatable bonds is 9. The van der Waals surface area contributed by atoms with E-state index in [0.29, 0.717) is 23.1 Å². The number of benzene rings is 1. The Balaban J connectivity index is 2.21. The first-order valence-electron chi connectivity index (χ1n) is 10.4. The lowest BCUT2D eigenvalue weighted by atomic mass is 10.1. The van der Waals surface area contributed by atoms with Crippen LogP contribution in [0.4, 0.5) is 5.69 Å². The number of esters is 1. The highest BCUT2D eigenvalue weighted by Crippen LogP contribution is 2.35. The summed E-state index contributed by atoms with van der Waals surface area (Å²) in [5.74, 6) is -0.837. The van der Waals surface area contributed by atoms with E-state index in [0.717, 1.165) is 23.4 Å². The van der Waals surface area contributed by atoms with Crippen molar-refractivity contribution in [1.82, 2.24) is 0 Å². The first-order valence-corrected chi connectivity index (χ1v) is 11.2. The maximum Gasteiger partial charge on any atom is 0.360 e. The Kier molecular flexibility index (Phi) is 7.94. The zero-order chi connectivity index (χ0) is 23.4. The Hall–Kier alpha value is -2.32. The van der Waals surface area contributed by atoms with Gasteiger partial charge in [-0.2, -0.15) is 0 Å². The number of quaternary nitrogens is 1. The van der Waals surface area contributed by atoms with E-state index in [1.54, 1.807) is 6.92 Å². The van der Waals surface area contributed by atoms with Crippen LogP contribution < -0.4 is 5.01 Å². The van der Waals surface area contributed by atoms with Crippen LogP contribution >= 0.6 is 11.8 Å². The van der Waals surface area contributed by atoms with Gasteiger partial charge in [0.05, 0.1) is 12.2 Å². The number of carboxylic acid groups (broad SMARTS) is 1. The van der Waals surface area contributed by atoms with Crippen LogP contribution in [0.3, 0.4) is 0 Å². The molecule has 0 spiro atoms. The molecule has 170 valence electrons. The third kappa shape index (κ3) is 6.58. The molecule has 1 aliphatic heterocycles. The molecule has 0 aliphatic carbocycles. The Morgan fingerprint density at radius 3 is 2.26 bits per heavy atom. The molecular weight excluding hydrogens is 416 g/mol. The lowest BCUT2D eigenvalue weighted by molar-refractivity contribution is -0.813. The molecule has 31 heavy (non-hydrogen) atoms. The summed E-state index contributed by atoms with van der Waals surface area (Å²) in [7, 11) is 0. The SMILES string of the molecule is CCCCOC1=C(C)C(C(=O)O)=N[NH+]1c1ccc(SC(C)(C)C(=O)OC(C)(C)C)cc1. The van der Waals surface area contributed by atoms with Gasteiger partial charge in [-0.1, -0.05) is 18.4 Å². The molecule has 1 aliphatic rings. The van der Waals surface area contributed by atoms with E-state index in [9.17, 15) is 14.7 Å². The molecule has 0 saturated carbocycles. The van der Waals surface area contributed by atoms with E-state index in [-0.39, 0.29) is 11.7 Å². The van der Waals surface area contributed by atoms with Crippen LogP contribution in [0.25, 0.3) is 0 Å². The zero-order valence-corrected chi connectivity index (χ0v) is 20.2. The van der Waals surface area contributed by atoms with Crippen molar-refractivity contribution in [2.45, 2.75) is 76.6 Å². The summed E-state index contributed by atoms with van der Waals surface area (Å²) in [6, 6.07) is 7.53. The molecule has 1 aromatic carbocycles. The van der Waals surface area contributed by atoms with E-state index < -0.39 is 16.3 Å². The van der Waals surface area contributed by atoms with E-state index >= 15 is 0 Å². The lowest BCUT2D eigenvalue weighted by Crippen LogP contribution is -2.99. The number of ether oxygens (including phenoxy) is 2. The summed E-state index contributed by atoms with van der Waals surface area (Å²) in [5.41, 5.74) is 0.756. The van der Waals surface area contributed by atoms with Gasteiger partial charge in [-0.05, 0) is 60.1 Å². The molecule has 0 saturated heterocycles. The van der Waals surface area contributed by atoms with Gasteiger partial charge in [0, 0.05) is 17.0 Å². The molecule has 7 nitrogen and oxygen atoms in total. The van der Waals surface area contributed by atoms with E-state index in [2.05, 4.69) is 12.0 Å². The number of unbranched alkanes of at least 4 members (excludes halogenated alkanes) is 1. The zero-order valence-electron chi connectivity index (χ0n) is 19.4. The van der Waals surface area contributed by atoms with Gasteiger partial charge in [0.15, 0.2) is 5.69 Å². The monoisotopic (exact) mass is 449 g/mol.